The van der Waals surface area contributed by atoms with Gasteiger partial charge >= 0.3 is 0 Å². The van der Waals surface area contributed by atoms with E-state index in [1.807, 2.05) is 18.2 Å². The number of hydrogen-bond acceptors (Lipinski definition) is 6. The summed E-state index contributed by atoms with van der Waals surface area (Å²) in [5, 5.41) is 4.48. The van der Waals surface area contributed by atoms with Gasteiger partial charge in [0.1, 0.15) is 11.6 Å². The van der Waals surface area contributed by atoms with Crippen LogP contribution in [0.3, 0.4) is 0 Å². The van der Waals surface area contributed by atoms with E-state index in [4.69, 9.17) is 17.0 Å². The van der Waals surface area contributed by atoms with Gasteiger partial charge in [0.15, 0.2) is 0 Å². The van der Waals surface area contributed by atoms with E-state index in [1.165, 1.54) is 0 Å². The normalized spacial score (nSPS) is 23.9. The summed E-state index contributed by atoms with van der Waals surface area (Å²) in [7, 11) is 1.64. The summed E-state index contributed by atoms with van der Waals surface area (Å²) in [6.07, 6.45) is 6.95. The van der Waals surface area contributed by atoms with Crippen LogP contribution in [-0.4, -0.2) is 34.0 Å². The first-order valence-electron chi connectivity index (χ1n) is 10.3. The monoisotopic (exact) mass is 414 g/mol. The van der Waals surface area contributed by atoms with Gasteiger partial charge in [-0.25, -0.2) is 16.5 Å². The number of rotatable bonds is 5. The van der Waals surface area contributed by atoms with E-state index in [0.29, 0.717) is 29.9 Å². The number of carbonyl (C=O) groups is 1. The van der Waals surface area contributed by atoms with Gasteiger partial charge in [0.25, 0.3) is 0 Å². The molecule has 2 aliphatic rings. The fraction of sp³-hybridized carbons (Fsp3) is 0.348. The smallest absolute Gasteiger partial charge is 0.229 e. The molecule has 4 atom stereocenters. The van der Waals surface area contributed by atoms with Crippen LogP contribution in [0, 0.1) is 24.3 Å². The molecule has 8 nitrogen and oxygen atoms in total. The number of fused-ring (bicyclic) bond motifs is 2. The highest BCUT2D eigenvalue weighted by molar-refractivity contribution is 5.98. The van der Waals surface area contributed by atoms with Crippen molar-refractivity contribution in [2.45, 2.75) is 25.5 Å². The number of carbonyl (C=O) groups excluding carboxylic acids is 1. The molecule has 0 aromatic carbocycles. The van der Waals surface area contributed by atoms with Crippen LogP contribution in [0.4, 0.5) is 11.6 Å². The van der Waals surface area contributed by atoms with Crippen molar-refractivity contribution in [1.82, 2.24) is 15.0 Å². The van der Waals surface area contributed by atoms with Crippen molar-refractivity contribution >= 4 is 28.3 Å². The zero-order chi connectivity index (χ0) is 21.5. The van der Waals surface area contributed by atoms with Crippen molar-refractivity contribution in [1.29, 1.82) is 0 Å². The maximum Gasteiger partial charge on any atom is 0.229 e. The summed E-state index contributed by atoms with van der Waals surface area (Å²) in [6, 6.07) is 5.60. The van der Waals surface area contributed by atoms with E-state index in [2.05, 4.69) is 25.1 Å². The largest absolute Gasteiger partial charge is 0.383 e. The Morgan fingerprint density at radius 1 is 1.35 bits per heavy atom. The van der Waals surface area contributed by atoms with Gasteiger partial charge in [-0.3, -0.25) is 9.78 Å². The Morgan fingerprint density at radius 2 is 2.23 bits per heavy atom. The molecule has 2 saturated carbocycles. The zero-order valence-corrected chi connectivity index (χ0v) is 17.1. The Kier molecular flexibility index (Phi) is 4.75. The first-order valence-corrected chi connectivity index (χ1v) is 10.3. The number of nitrogens with one attached hydrogen (secondary N) is 1. The average molecular weight is 414 g/mol. The van der Waals surface area contributed by atoms with Crippen LogP contribution in [0.25, 0.3) is 26.9 Å². The molecule has 31 heavy (non-hydrogen) atoms. The summed E-state index contributed by atoms with van der Waals surface area (Å²) in [6.45, 7) is 7.74. The SMILES string of the molecule is [C-]#[N+][C@H]1CC[C@H]2C(C(=O)Nc3cc4cc(-c5cnccc5COC)nc(N)c4cn3)[C@@H]12. The molecule has 3 aromatic rings. The molecular formula is C23H22N6O2. The Morgan fingerprint density at radius 3 is 3.03 bits per heavy atom. The zero-order valence-electron chi connectivity index (χ0n) is 17.1. The minimum Gasteiger partial charge on any atom is -0.383 e. The molecule has 1 unspecified atom stereocenters. The maximum atomic E-state index is 12.7. The number of nitrogens with zero attached hydrogens (tertiary/aromatic N) is 4. The Bertz CT molecular complexity index is 1220. The highest BCUT2D eigenvalue weighted by atomic mass is 16.5. The quantitative estimate of drug-likeness (QED) is 0.620. The first-order chi connectivity index (χ1) is 15.1. The van der Waals surface area contributed by atoms with Crippen LogP contribution >= 0.6 is 0 Å². The third kappa shape index (κ3) is 3.37. The number of pyridine rings is 3. The summed E-state index contributed by atoms with van der Waals surface area (Å²) < 4.78 is 5.28. The lowest BCUT2D eigenvalue weighted by Gasteiger charge is -2.11. The number of aromatic nitrogens is 3. The molecule has 3 aromatic heterocycles. The summed E-state index contributed by atoms with van der Waals surface area (Å²) >= 11 is 0. The van der Waals surface area contributed by atoms with Gasteiger partial charge in [-0.2, -0.15) is 0 Å². The Labute approximate surface area is 179 Å². The molecule has 3 N–H and O–H groups in total. The molecule has 0 saturated heterocycles. The molecule has 1 amide bonds. The highest BCUT2D eigenvalue weighted by Gasteiger charge is 2.64. The van der Waals surface area contributed by atoms with Crippen molar-refractivity contribution < 1.29 is 9.53 Å². The van der Waals surface area contributed by atoms with Crippen molar-refractivity contribution in [3.63, 3.8) is 0 Å². The molecule has 2 fully saturated rings. The predicted molar refractivity (Wildman–Crippen MR) is 117 cm³/mol. The molecule has 0 aliphatic heterocycles. The van der Waals surface area contributed by atoms with E-state index in [9.17, 15) is 4.79 Å². The minimum absolute atomic E-state index is 0.0143. The standard InChI is InChI=1S/C23H22N6O2/c1-25-17-4-3-14-20(17)21(14)23(30)29-19-8-13-7-18(28-22(24)16(13)10-27-19)15-9-26-6-5-12(15)11-31-2/h5-10,14,17,20-21H,3-4,11H2,2H3,(H2,24,28)(H,27,29,30)/t14-,17+,20-,21?/m1/s1. The van der Waals surface area contributed by atoms with Crippen LogP contribution in [0.1, 0.15) is 18.4 Å². The molecular weight excluding hydrogens is 392 g/mol. The number of amides is 1. The third-order valence-corrected chi connectivity index (χ3v) is 6.42. The molecule has 3 heterocycles. The van der Waals surface area contributed by atoms with E-state index < -0.39 is 0 Å². The molecule has 8 heteroatoms. The van der Waals surface area contributed by atoms with Gasteiger partial charge in [0.05, 0.1) is 18.2 Å². The van der Waals surface area contributed by atoms with E-state index in [-0.39, 0.29) is 23.8 Å². The molecule has 156 valence electrons. The number of anilines is 2. The van der Waals surface area contributed by atoms with Crippen molar-refractivity contribution in [2.75, 3.05) is 18.2 Å². The molecule has 0 radical (unpaired) electrons. The van der Waals surface area contributed by atoms with Gasteiger partial charge in [0, 0.05) is 49.0 Å². The molecule has 2 aliphatic carbocycles. The molecule has 0 bridgehead atoms. The van der Waals surface area contributed by atoms with Crippen molar-refractivity contribution in [2.24, 2.45) is 17.8 Å². The second kappa shape index (κ2) is 7.60. The Balaban J connectivity index is 1.43. The summed E-state index contributed by atoms with van der Waals surface area (Å²) in [4.78, 5) is 29.5. The summed E-state index contributed by atoms with van der Waals surface area (Å²) in [5.41, 5.74) is 8.69. The molecule has 0 spiro atoms. The van der Waals surface area contributed by atoms with Gasteiger partial charge in [-0.1, -0.05) is 0 Å². The fourth-order valence-electron chi connectivity index (χ4n) is 4.90. The number of hydrogen-bond donors (Lipinski definition) is 2. The van der Waals surface area contributed by atoms with E-state index in [0.717, 1.165) is 34.7 Å². The van der Waals surface area contributed by atoms with Crippen LogP contribution in [-0.2, 0) is 16.1 Å². The third-order valence-electron chi connectivity index (χ3n) is 6.42. The predicted octanol–water partition coefficient (Wildman–Crippen LogP) is 3.30. The number of nitrogens with two attached hydrogens (primary N) is 1. The highest BCUT2D eigenvalue weighted by Crippen LogP contribution is 2.58. The fourth-order valence-corrected chi connectivity index (χ4v) is 4.90. The number of ether oxygens (including phenoxy) is 1. The lowest BCUT2D eigenvalue weighted by Crippen LogP contribution is -2.19. The average Bonchev–Trinajstić information content (AvgIpc) is 3.34. The lowest BCUT2D eigenvalue weighted by atomic mass is 10.0. The topological polar surface area (TPSA) is 107 Å². The van der Waals surface area contributed by atoms with E-state index in [1.54, 1.807) is 25.7 Å². The second-order valence-corrected chi connectivity index (χ2v) is 8.18. The lowest BCUT2D eigenvalue weighted by molar-refractivity contribution is -0.118. The number of nitrogen functional groups attached to an aromatic ring is 1. The second-order valence-electron chi connectivity index (χ2n) is 8.18. The van der Waals surface area contributed by atoms with E-state index >= 15 is 0 Å². The maximum absolute atomic E-state index is 12.7. The summed E-state index contributed by atoms with van der Waals surface area (Å²) in [5.74, 6) is 1.26. The van der Waals surface area contributed by atoms with Crippen molar-refractivity contribution in [3.8, 4) is 11.3 Å². The first kappa shape index (κ1) is 19.4. The van der Waals surface area contributed by atoms with Gasteiger partial charge in [-0.15, -0.1) is 0 Å². The number of methoxy groups -OCH3 is 1. The molecule has 5 rings (SSSR count). The van der Waals surface area contributed by atoms with Crippen LogP contribution in [0.2, 0.25) is 0 Å². The van der Waals surface area contributed by atoms with Crippen molar-refractivity contribution in [3.05, 3.63) is 53.8 Å². The Hall–Kier alpha value is -3.57. The van der Waals surface area contributed by atoms with Crippen LogP contribution in [0.5, 0.6) is 0 Å². The van der Waals surface area contributed by atoms with Gasteiger partial charge in [-0.05, 0) is 41.5 Å². The van der Waals surface area contributed by atoms with Gasteiger partial charge < -0.3 is 20.6 Å². The van der Waals surface area contributed by atoms with Gasteiger partial charge in [0.2, 0.25) is 11.9 Å². The van der Waals surface area contributed by atoms with Crippen LogP contribution < -0.4 is 11.1 Å². The minimum atomic E-state index is -0.0737. The van der Waals surface area contributed by atoms with Crippen LogP contribution in [0.15, 0.2) is 36.8 Å².